The average molecular weight is 592 g/mol. The maximum Gasteiger partial charge on any atom is 0.352 e. The zero-order valence-corrected chi connectivity index (χ0v) is 22.6. The first kappa shape index (κ1) is 27.0. The van der Waals surface area contributed by atoms with Gasteiger partial charge in [-0.3, -0.25) is 14.5 Å². The summed E-state index contributed by atoms with van der Waals surface area (Å²) in [5.41, 5.74) is 5.88. The highest BCUT2D eigenvalue weighted by atomic mass is 32.2. The van der Waals surface area contributed by atoms with Crippen LogP contribution in [0.15, 0.2) is 51.2 Å². The molecule has 0 radical (unpaired) electrons. The van der Waals surface area contributed by atoms with E-state index in [1.165, 1.54) is 46.6 Å². The molecule has 1 saturated heterocycles. The van der Waals surface area contributed by atoms with Crippen LogP contribution < -0.4 is 15.6 Å². The second-order valence-corrected chi connectivity index (χ2v) is 11.8. The number of nitrogens with zero attached hydrogens (tertiary/aromatic N) is 4. The Bertz CT molecular complexity index is 1390. The molecule has 5 N–H and O–H groups in total. The summed E-state index contributed by atoms with van der Waals surface area (Å²) in [5.74, 6) is -3.14. The Morgan fingerprint density at radius 2 is 2.03 bits per heavy atom. The van der Waals surface area contributed by atoms with Gasteiger partial charge in [0.25, 0.3) is 11.8 Å². The van der Waals surface area contributed by atoms with Crippen LogP contribution >= 0.6 is 34.9 Å². The van der Waals surface area contributed by atoms with Crippen LogP contribution in [0, 0.1) is 0 Å². The van der Waals surface area contributed by atoms with Gasteiger partial charge in [-0.1, -0.05) is 5.16 Å². The number of pyridine rings is 1. The lowest BCUT2D eigenvalue weighted by Crippen LogP contribution is -2.71. The minimum Gasteiger partial charge on any atom is -0.479 e. The number of hydrogen-bond donors (Lipinski definition) is 4. The van der Waals surface area contributed by atoms with Gasteiger partial charge in [0.1, 0.15) is 22.8 Å². The number of thiazole rings is 1. The van der Waals surface area contributed by atoms with Crippen LogP contribution in [0.4, 0.5) is 5.13 Å². The topological polar surface area (TPSA) is 188 Å². The van der Waals surface area contributed by atoms with Crippen molar-refractivity contribution in [2.45, 2.75) is 35.2 Å². The normalized spacial score (nSPS) is 20.8. The number of fused-ring (bicyclic) bond motifs is 1. The molecular weight excluding hydrogens is 568 g/mol. The SMILES string of the molecule is Nc1nc(C(=NOCC(=O)O)C(=O)N[C@@H]2C(=O)N3C(C(=O)O)=C(CSc4cc[n+](C5CC5)cc4)CS[C@H]23)cs1. The van der Waals surface area contributed by atoms with E-state index in [0.717, 1.165) is 16.2 Å². The predicted octanol–water partition coefficient (Wildman–Crippen LogP) is 0.684. The molecule has 5 rings (SSSR count). The Balaban J connectivity index is 1.27. The summed E-state index contributed by atoms with van der Waals surface area (Å²) in [6.45, 7) is -0.790. The molecule has 4 heterocycles. The molecule has 2 atom stereocenters. The molecule has 204 valence electrons. The zero-order chi connectivity index (χ0) is 27.7. The first-order chi connectivity index (χ1) is 18.7. The number of β-lactam (4-membered cyclic amide) rings is 1. The van der Waals surface area contributed by atoms with E-state index in [2.05, 4.69) is 20.0 Å². The maximum absolute atomic E-state index is 13.0. The zero-order valence-electron chi connectivity index (χ0n) is 20.2. The highest BCUT2D eigenvalue weighted by Crippen LogP contribution is 2.41. The lowest BCUT2D eigenvalue weighted by atomic mass is 10.0. The number of anilines is 1. The van der Waals surface area contributed by atoms with Crippen molar-refractivity contribution in [2.75, 3.05) is 23.8 Å². The van der Waals surface area contributed by atoms with Crippen molar-refractivity contribution in [3.63, 3.8) is 0 Å². The molecule has 0 spiro atoms. The Kier molecular flexibility index (Phi) is 7.76. The molecule has 3 aliphatic rings. The van der Waals surface area contributed by atoms with Crippen LogP contribution in [0.2, 0.25) is 0 Å². The van der Waals surface area contributed by atoms with E-state index in [0.29, 0.717) is 23.1 Å². The van der Waals surface area contributed by atoms with Gasteiger partial charge < -0.3 is 26.1 Å². The van der Waals surface area contributed by atoms with Crippen molar-refractivity contribution in [2.24, 2.45) is 5.16 Å². The van der Waals surface area contributed by atoms with Gasteiger partial charge in [-0.15, -0.1) is 34.9 Å². The third-order valence-corrected chi connectivity index (χ3v) is 9.18. The van der Waals surface area contributed by atoms with E-state index in [-0.39, 0.29) is 22.2 Å². The number of nitrogens with one attached hydrogen (secondary N) is 1. The molecule has 0 aromatic carbocycles. The van der Waals surface area contributed by atoms with Crippen LogP contribution in [0.5, 0.6) is 0 Å². The molecule has 1 aliphatic carbocycles. The summed E-state index contributed by atoms with van der Waals surface area (Å²) in [6, 6.07) is 3.55. The second-order valence-electron chi connectivity index (χ2n) is 8.80. The molecule has 2 aromatic rings. The number of aromatic nitrogens is 2. The molecule has 16 heteroatoms. The van der Waals surface area contributed by atoms with Crippen LogP contribution in [-0.4, -0.2) is 79.1 Å². The van der Waals surface area contributed by atoms with Gasteiger partial charge in [0.2, 0.25) is 6.61 Å². The highest BCUT2D eigenvalue weighted by Gasteiger charge is 2.54. The number of carboxylic acid groups (broad SMARTS) is 2. The number of thioether (sulfide) groups is 2. The number of rotatable bonds is 11. The van der Waals surface area contributed by atoms with E-state index in [1.54, 1.807) is 0 Å². The smallest absolute Gasteiger partial charge is 0.352 e. The van der Waals surface area contributed by atoms with Crippen molar-refractivity contribution in [1.82, 2.24) is 15.2 Å². The first-order valence-corrected chi connectivity index (χ1v) is 14.6. The Hall–Kier alpha value is -3.63. The Labute approximate surface area is 234 Å². The van der Waals surface area contributed by atoms with E-state index in [9.17, 15) is 24.3 Å². The molecule has 2 fully saturated rings. The Morgan fingerprint density at radius 3 is 2.64 bits per heavy atom. The predicted molar refractivity (Wildman–Crippen MR) is 142 cm³/mol. The fraction of sp³-hybridized carbons (Fsp3) is 0.348. The number of carbonyl (C=O) groups is 4. The summed E-state index contributed by atoms with van der Waals surface area (Å²) in [7, 11) is 0. The van der Waals surface area contributed by atoms with Crippen LogP contribution in [0.3, 0.4) is 0 Å². The van der Waals surface area contributed by atoms with Crippen molar-refractivity contribution in [3.05, 3.63) is 46.9 Å². The number of amides is 2. The van der Waals surface area contributed by atoms with Gasteiger partial charge in [-0.05, 0) is 5.57 Å². The third-order valence-electron chi connectivity index (χ3n) is 6.06. The molecule has 2 aromatic heterocycles. The van der Waals surface area contributed by atoms with E-state index in [1.807, 2.05) is 24.5 Å². The van der Waals surface area contributed by atoms with Gasteiger partial charge in [-0.2, -0.15) is 0 Å². The quantitative estimate of drug-likeness (QED) is 0.0946. The standard InChI is InChI=1S/C23H22N6O7S3/c24-23-25-14(10-39-23)16(27-36-7-15(30)31)19(32)26-17-20(33)29-18(22(34)35)11(9-38-21(17)29)8-37-13-3-5-28(6-4-13)12-1-2-12/h3-6,10,12,17,21H,1-2,7-9H2,(H4-,24,25,26,30,31,32,34,35)/p+1/t17-,21-/m1/s1. The number of nitrogen functional groups attached to an aromatic ring is 1. The largest absolute Gasteiger partial charge is 0.479 e. The summed E-state index contributed by atoms with van der Waals surface area (Å²) < 4.78 is 2.16. The number of nitrogens with two attached hydrogens (primary N) is 1. The lowest BCUT2D eigenvalue weighted by molar-refractivity contribution is -0.700. The first-order valence-electron chi connectivity index (χ1n) is 11.7. The lowest BCUT2D eigenvalue weighted by Gasteiger charge is -2.49. The van der Waals surface area contributed by atoms with E-state index < -0.39 is 41.8 Å². The maximum atomic E-state index is 13.0. The van der Waals surface area contributed by atoms with Crippen molar-refractivity contribution in [3.8, 4) is 0 Å². The fourth-order valence-corrected chi connectivity index (χ4v) is 6.98. The molecule has 0 bridgehead atoms. The van der Waals surface area contributed by atoms with Gasteiger partial charge in [0.05, 0.1) is 0 Å². The van der Waals surface area contributed by atoms with Crippen molar-refractivity contribution < 1.29 is 38.8 Å². The minimum absolute atomic E-state index is 0.0503. The van der Waals surface area contributed by atoms with Crippen molar-refractivity contribution in [1.29, 1.82) is 0 Å². The molecule has 0 unspecified atom stereocenters. The van der Waals surface area contributed by atoms with Gasteiger partial charge >= 0.3 is 11.9 Å². The van der Waals surface area contributed by atoms with Gasteiger partial charge in [-0.25, -0.2) is 19.1 Å². The van der Waals surface area contributed by atoms with Gasteiger partial charge in [0.15, 0.2) is 29.3 Å². The minimum atomic E-state index is -1.30. The van der Waals surface area contributed by atoms with Crippen LogP contribution in [0.25, 0.3) is 0 Å². The number of hydrogen-bond acceptors (Lipinski definition) is 11. The molecule has 1 saturated carbocycles. The van der Waals surface area contributed by atoms with Crippen LogP contribution in [-0.2, 0) is 24.0 Å². The Morgan fingerprint density at radius 1 is 1.28 bits per heavy atom. The summed E-state index contributed by atoms with van der Waals surface area (Å²) >= 11 is 3.89. The molecule has 13 nitrogen and oxygen atoms in total. The summed E-state index contributed by atoms with van der Waals surface area (Å²) in [5, 5.41) is 25.8. The monoisotopic (exact) mass is 591 g/mol. The molecule has 2 aliphatic heterocycles. The number of carbonyl (C=O) groups excluding carboxylic acids is 2. The second kappa shape index (κ2) is 11.2. The van der Waals surface area contributed by atoms with Gasteiger partial charge in [0, 0.05) is 46.8 Å². The third kappa shape index (κ3) is 5.86. The number of aliphatic carboxylic acids is 2. The number of oxime groups is 1. The number of carboxylic acids is 2. The summed E-state index contributed by atoms with van der Waals surface area (Å²) in [6.07, 6.45) is 6.41. The average Bonchev–Trinajstić information content (AvgIpc) is 3.68. The fourth-order valence-electron chi connectivity index (χ4n) is 4.06. The molecule has 39 heavy (non-hydrogen) atoms. The molecule has 2 amide bonds. The molecular formula is C23H23N6O7S3+. The highest BCUT2D eigenvalue weighted by molar-refractivity contribution is 8.01. The van der Waals surface area contributed by atoms with Crippen molar-refractivity contribution >= 4 is 69.5 Å². The van der Waals surface area contributed by atoms with E-state index >= 15 is 0 Å². The van der Waals surface area contributed by atoms with Crippen LogP contribution in [0.1, 0.15) is 24.6 Å². The van der Waals surface area contributed by atoms with E-state index in [4.69, 9.17) is 15.7 Å². The summed E-state index contributed by atoms with van der Waals surface area (Å²) in [4.78, 5) is 59.9.